The maximum atomic E-state index is 12.6. The van der Waals surface area contributed by atoms with Crippen molar-refractivity contribution >= 4 is 28.6 Å². The summed E-state index contributed by atoms with van der Waals surface area (Å²) in [5.74, 6) is 0.0859. The van der Waals surface area contributed by atoms with E-state index in [4.69, 9.17) is 0 Å². The van der Waals surface area contributed by atoms with Gasteiger partial charge >= 0.3 is 0 Å². The molecule has 2 aromatic rings. The van der Waals surface area contributed by atoms with Crippen LogP contribution in [-0.2, 0) is 12.8 Å². The maximum absolute atomic E-state index is 12.6. The third-order valence-corrected chi connectivity index (χ3v) is 6.32. The van der Waals surface area contributed by atoms with Gasteiger partial charge in [0.15, 0.2) is 0 Å². The van der Waals surface area contributed by atoms with Gasteiger partial charge in [-0.2, -0.15) is 0 Å². The van der Waals surface area contributed by atoms with Gasteiger partial charge in [-0.25, -0.2) is 0 Å². The van der Waals surface area contributed by atoms with E-state index < -0.39 is 0 Å². The highest BCUT2D eigenvalue weighted by Gasteiger charge is 2.22. The molecule has 5 heteroatoms. The topological polar surface area (TPSA) is 32.3 Å². The van der Waals surface area contributed by atoms with E-state index in [0.717, 1.165) is 18.4 Å². The molecule has 1 atom stereocenters. The van der Waals surface area contributed by atoms with E-state index in [2.05, 4.69) is 41.8 Å². The number of hydrogen-bond donors (Lipinski definition) is 1. The molecule has 0 unspecified atom stereocenters. The molecule has 0 spiro atoms. The SMILES string of the molecule is CN(C)[C@@H](CNC(=O)c1csc2c1CCCC2)c1cccs1. The minimum absolute atomic E-state index is 0.0859. The van der Waals surface area contributed by atoms with Gasteiger partial charge in [0, 0.05) is 21.7 Å². The number of carbonyl (C=O) groups is 1. The summed E-state index contributed by atoms with van der Waals surface area (Å²) in [7, 11) is 4.12. The lowest BCUT2D eigenvalue weighted by Gasteiger charge is -2.23. The lowest BCUT2D eigenvalue weighted by atomic mass is 9.95. The van der Waals surface area contributed by atoms with E-state index in [1.165, 1.54) is 28.2 Å². The van der Waals surface area contributed by atoms with Crippen molar-refractivity contribution in [3.05, 3.63) is 43.8 Å². The highest BCUT2D eigenvalue weighted by atomic mass is 32.1. The first-order valence-electron chi connectivity index (χ1n) is 7.74. The minimum atomic E-state index is 0.0859. The molecule has 2 aromatic heterocycles. The number of amides is 1. The van der Waals surface area contributed by atoms with Gasteiger partial charge in [-0.1, -0.05) is 6.07 Å². The molecule has 1 amide bonds. The number of likely N-dealkylation sites (N-methyl/N-ethyl adjacent to an activating group) is 1. The Morgan fingerprint density at radius 1 is 1.32 bits per heavy atom. The summed E-state index contributed by atoms with van der Waals surface area (Å²) in [6.45, 7) is 0.650. The number of fused-ring (bicyclic) bond motifs is 1. The van der Waals surface area contributed by atoms with Crippen molar-refractivity contribution < 1.29 is 4.79 Å². The molecule has 1 N–H and O–H groups in total. The second-order valence-electron chi connectivity index (χ2n) is 5.96. The second-order valence-corrected chi connectivity index (χ2v) is 7.91. The van der Waals surface area contributed by atoms with Crippen molar-refractivity contribution in [1.29, 1.82) is 0 Å². The molecule has 0 radical (unpaired) electrons. The Bertz CT molecular complexity index is 631. The van der Waals surface area contributed by atoms with E-state index in [1.807, 2.05) is 5.38 Å². The zero-order valence-corrected chi connectivity index (χ0v) is 14.7. The first-order chi connectivity index (χ1) is 10.7. The van der Waals surface area contributed by atoms with Crippen LogP contribution in [0.25, 0.3) is 0 Å². The van der Waals surface area contributed by atoms with Gasteiger partial charge < -0.3 is 10.2 Å². The van der Waals surface area contributed by atoms with Crippen molar-refractivity contribution in [3.63, 3.8) is 0 Å². The average molecular weight is 335 g/mol. The van der Waals surface area contributed by atoms with Crippen LogP contribution in [0.1, 0.15) is 44.6 Å². The van der Waals surface area contributed by atoms with Crippen LogP contribution in [0, 0.1) is 0 Å². The summed E-state index contributed by atoms with van der Waals surface area (Å²) in [6, 6.07) is 4.43. The lowest BCUT2D eigenvalue weighted by molar-refractivity contribution is 0.0941. The smallest absolute Gasteiger partial charge is 0.252 e. The number of rotatable bonds is 5. The summed E-state index contributed by atoms with van der Waals surface area (Å²) in [5.41, 5.74) is 2.20. The molecule has 2 heterocycles. The molecule has 0 aromatic carbocycles. The summed E-state index contributed by atoms with van der Waals surface area (Å²) < 4.78 is 0. The number of carbonyl (C=O) groups excluding carboxylic acids is 1. The predicted octanol–water partition coefficient (Wildman–Crippen LogP) is 3.72. The van der Waals surface area contributed by atoms with Crippen LogP contribution in [0.15, 0.2) is 22.9 Å². The molecule has 0 saturated carbocycles. The van der Waals surface area contributed by atoms with Gasteiger partial charge in [-0.3, -0.25) is 4.79 Å². The monoisotopic (exact) mass is 334 g/mol. The summed E-state index contributed by atoms with van der Waals surface area (Å²) in [5, 5.41) is 7.27. The Kier molecular flexibility index (Phi) is 4.96. The van der Waals surface area contributed by atoms with Crippen LogP contribution in [0.5, 0.6) is 0 Å². The molecule has 3 rings (SSSR count). The quantitative estimate of drug-likeness (QED) is 0.904. The van der Waals surface area contributed by atoms with Crippen LogP contribution in [0.3, 0.4) is 0 Å². The summed E-state index contributed by atoms with van der Waals surface area (Å²) in [6.07, 6.45) is 4.67. The van der Waals surface area contributed by atoms with E-state index in [-0.39, 0.29) is 11.9 Å². The molecule has 3 nitrogen and oxygen atoms in total. The normalized spacial score (nSPS) is 15.6. The second kappa shape index (κ2) is 6.94. The van der Waals surface area contributed by atoms with Crippen molar-refractivity contribution in [2.24, 2.45) is 0 Å². The van der Waals surface area contributed by atoms with Crippen molar-refractivity contribution in [2.75, 3.05) is 20.6 Å². The maximum Gasteiger partial charge on any atom is 0.252 e. The predicted molar refractivity (Wildman–Crippen MR) is 94.0 cm³/mol. The van der Waals surface area contributed by atoms with Crippen LogP contribution in [0.2, 0.25) is 0 Å². The van der Waals surface area contributed by atoms with Gasteiger partial charge in [-0.05, 0) is 56.8 Å². The van der Waals surface area contributed by atoms with Gasteiger partial charge in [0.25, 0.3) is 5.91 Å². The summed E-state index contributed by atoms with van der Waals surface area (Å²) in [4.78, 5) is 17.4. The number of nitrogens with zero attached hydrogens (tertiary/aromatic N) is 1. The van der Waals surface area contributed by atoms with E-state index in [1.54, 1.807) is 22.7 Å². The van der Waals surface area contributed by atoms with Gasteiger partial charge in [-0.15, -0.1) is 22.7 Å². The Morgan fingerprint density at radius 2 is 2.14 bits per heavy atom. The van der Waals surface area contributed by atoms with E-state index in [9.17, 15) is 4.79 Å². The first kappa shape index (κ1) is 15.7. The van der Waals surface area contributed by atoms with Crippen LogP contribution < -0.4 is 5.32 Å². The molecule has 1 aliphatic carbocycles. The molecular formula is C17H22N2OS2. The van der Waals surface area contributed by atoms with Crippen molar-refractivity contribution in [1.82, 2.24) is 10.2 Å². The Labute approximate surface area is 140 Å². The number of aryl methyl sites for hydroxylation is 1. The van der Waals surface area contributed by atoms with Crippen LogP contribution in [0.4, 0.5) is 0 Å². The number of thiophene rings is 2. The molecule has 0 saturated heterocycles. The first-order valence-corrected chi connectivity index (χ1v) is 9.50. The Morgan fingerprint density at radius 3 is 2.86 bits per heavy atom. The Hall–Kier alpha value is -1.17. The van der Waals surface area contributed by atoms with Crippen LogP contribution >= 0.6 is 22.7 Å². The van der Waals surface area contributed by atoms with Crippen molar-refractivity contribution in [2.45, 2.75) is 31.7 Å². The van der Waals surface area contributed by atoms with Crippen LogP contribution in [-0.4, -0.2) is 31.4 Å². The van der Waals surface area contributed by atoms with Gasteiger partial charge in [0.1, 0.15) is 0 Å². The minimum Gasteiger partial charge on any atom is -0.350 e. The third kappa shape index (κ3) is 3.26. The molecule has 22 heavy (non-hydrogen) atoms. The lowest BCUT2D eigenvalue weighted by Crippen LogP contribution is -2.34. The molecular weight excluding hydrogens is 312 g/mol. The third-order valence-electron chi connectivity index (χ3n) is 4.26. The molecule has 1 aliphatic rings. The highest BCUT2D eigenvalue weighted by Crippen LogP contribution is 2.30. The molecule has 118 valence electrons. The highest BCUT2D eigenvalue weighted by molar-refractivity contribution is 7.10. The zero-order valence-electron chi connectivity index (χ0n) is 13.1. The van der Waals surface area contributed by atoms with E-state index >= 15 is 0 Å². The fourth-order valence-corrected chi connectivity index (χ4v) is 5.04. The largest absolute Gasteiger partial charge is 0.350 e. The molecule has 0 bridgehead atoms. The number of nitrogens with one attached hydrogen (secondary N) is 1. The summed E-state index contributed by atoms with van der Waals surface area (Å²) >= 11 is 3.49. The zero-order chi connectivity index (χ0) is 15.5. The fourth-order valence-electron chi connectivity index (χ4n) is 2.99. The standard InChI is InChI=1S/C17H22N2OS2/c1-19(2)14(16-8-5-9-21-16)10-18-17(20)13-11-22-15-7-4-3-6-12(13)15/h5,8-9,11,14H,3-4,6-7,10H2,1-2H3,(H,18,20)/t14-/m0/s1. The van der Waals surface area contributed by atoms with Gasteiger partial charge in [0.05, 0.1) is 11.6 Å². The average Bonchev–Trinajstić information content (AvgIpc) is 3.16. The molecule has 0 fully saturated rings. The number of hydrogen-bond acceptors (Lipinski definition) is 4. The van der Waals surface area contributed by atoms with Gasteiger partial charge in [0.2, 0.25) is 0 Å². The molecule has 0 aliphatic heterocycles. The Balaban J connectivity index is 1.68. The fraction of sp³-hybridized carbons (Fsp3) is 0.471. The van der Waals surface area contributed by atoms with Crippen molar-refractivity contribution in [3.8, 4) is 0 Å². The van der Waals surface area contributed by atoms with E-state index in [0.29, 0.717) is 6.54 Å².